The molecule has 0 fully saturated rings. The maximum atomic E-state index is 11.0. The lowest BCUT2D eigenvalue weighted by atomic mass is 10.1. The number of aryl methyl sites for hydroxylation is 2. The SMILES string of the molecule is Cc1cc(C(=O)O)ccc1-n1c(C)cc(C=O)c1C. The third-order valence-electron chi connectivity index (χ3n) is 3.28. The summed E-state index contributed by atoms with van der Waals surface area (Å²) in [4.78, 5) is 21.9. The largest absolute Gasteiger partial charge is 0.478 e. The summed E-state index contributed by atoms with van der Waals surface area (Å²) in [5, 5.41) is 8.97. The van der Waals surface area contributed by atoms with Crippen molar-refractivity contribution in [2.75, 3.05) is 0 Å². The molecule has 1 aromatic carbocycles. The molecule has 1 N–H and O–H groups in total. The van der Waals surface area contributed by atoms with Crippen molar-refractivity contribution in [3.05, 3.63) is 52.3 Å². The number of hydrogen-bond donors (Lipinski definition) is 1. The van der Waals surface area contributed by atoms with E-state index in [1.807, 2.05) is 31.4 Å². The van der Waals surface area contributed by atoms with Crippen LogP contribution in [0, 0.1) is 20.8 Å². The van der Waals surface area contributed by atoms with Gasteiger partial charge in [0.05, 0.1) is 5.56 Å². The molecule has 0 bridgehead atoms. The van der Waals surface area contributed by atoms with Crippen LogP contribution in [-0.4, -0.2) is 21.9 Å². The molecule has 98 valence electrons. The van der Waals surface area contributed by atoms with E-state index in [1.54, 1.807) is 18.2 Å². The topological polar surface area (TPSA) is 59.3 Å². The highest BCUT2D eigenvalue weighted by Gasteiger charge is 2.13. The van der Waals surface area contributed by atoms with Crippen LogP contribution in [0.3, 0.4) is 0 Å². The predicted octanol–water partition coefficient (Wildman–Crippen LogP) is 2.91. The summed E-state index contributed by atoms with van der Waals surface area (Å²) in [5.74, 6) is -0.941. The number of carbonyl (C=O) groups is 2. The molecule has 0 aliphatic carbocycles. The van der Waals surface area contributed by atoms with Crippen LogP contribution in [0.2, 0.25) is 0 Å². The zero-order chi connectivity index (χ0) is 14.2. The van der Waals surface area contributed by atoms with Crippen LogP contribution < -0.4 is 0 Å². The lowest BCUT2D eigenvalue weighted by Crippen LogP contribution is -2.04. The van der Waals surface area contributed by atoms with Crippen molar-refractivity contribution in [2.24, 2.45) is 0 Å². The first-order chi connectivity index (χ1) is 8.95. The van der Waals surface area contributed by atoms with E-state index in [4.69, 9.17) is 5.11 Å². The monoisotopic (exact) mass is 257 g/mol. The number of carboxylic acid groups (broad SMARTS) is 1. The molecule has 0 saturated carbocycles. The molecular weight excluding hydrogens is 242 g/mol. The van der Waals surface area contributed by atoms with E-state index in [-0.39, 0.29) is 5.56 Å². The van der Waals surface area contributed by atoms with Gasteiger partial charge in [0.2, 0.25) is 0 Å². The van der Waals surface area contributed by atoms with Gasteiger partial charge in [-0.05, 0) is 50.6 Å². The minimum atomic E-state index is -0.941. The Morgan fingerprint density at radius 3 is 2.37 bits per heavy atom. The molecule has 2 aromatic rings. The number of hydrogen-bond acceptors (Lipinski definition) is 2. The summed E-state index contributed by atoms with van der Waals surface area (Å²) >= 11 is 0. The fraction of sp³-hybridized carbons (Fsp3) is 0.200. The van der Waals surface area contributed by atoms with Crippen molar-refractivity contribution in [2.45, 2.75) is 20.8 Å². The molecule has 0 amide bonds. The van der Waals surface area contributed by atoms with Gasteiger partial charge < -0.3 is 9.67 Å². The number of carbonyl (C=O) groups excluding carboxylic acids is 1. The van der Waals surface area contributed by atoms with E-state index in [1.165, 1.54) is 0 Å². The minimum absolute atomic E-state index is 0.263. The summed E-state index contributed by atoms with van der Waals surface area (Å²) in [6, 6.07) is 6.81. The number of aldehydes is 1. The smallest absolute Gasteiger partial charge is 0.335 e. The third-order valence-corrected chi connectivity index (χ3v) is 3.28. The summed E-state index contributed by atoms with van der Waals surface area (Å²) < 4.78 is 1.96. The molecular formula is C15H15NO3. The van der Waals surface area contributed by atoms with Crippen LogP contribution in [0.25, 0.3) is 5.69 Å². The van der Waals surface area contributed by atoms with Crippen molar-refractivity contribution >= 4 is 12.3 Å². The van der Waals surface area contributed by atoms with Crippen LogP contribution in [-0.2, 0) is 0 Å². The molecule has 0 spiro atoms. The molecule has 0 saturated heterocycles. The summed E-state index contributed by atoms with van der Waals surface area (Å²) in [5.41, 5.74) is 4.48. The van der Waals surface area contributed by atoms with Crippen molar-refractivity contribution < 1.29 is 14.7 Å². The van der Waals surface area contributed by atoms with E-state index in [9.17, 15) is 9.59 Å². The molecule has 4 heteroatoms. The van der Waals surface area contributed by atoms with Crippen LogP contribution in [0.4, 0.5) is 0 Å². The highest BCUT2D eigenvalue weighted by molar-refractivity contribution is 5.88. The van der Waals surface area contributed by atoms with Gasteiger partial charge >= 0.3 is 5.97 Å². The van der Waals surface area contributed by atoms with E-state index in [0.717, 1.165) is 28.9 Å². The normalized spacial score (nSPS) is 10.5. The van der Waals surface area contributed by atoms with Crippen molar-refractivity contribution in [3.8, 4) is 5.69 Å². The molecule has 0 atom stereocenters. The summed E-state index contributed by atoms with van der Waals surface area (Å²) in [6.07, 6.45) is 0.833. The highest BCUT2D eigenvalue weighted by Crippen LogP contribution is 2.23. The first-order valence-corrected chi connectivity index (χ1v) is 5.94. The number of aromatic nitrogens is 1. The van der Waals surface area contributed by atoms with Gasteiger partial charge in [0.25, 0.3) is 0 Å². The zero-order valence-corrected chi connectivity index (χ0v) is 11.1. The molecule has 4 nitrogen and oxygen atoms in total. The maximum Gasteiger partial charge on any atom is 0.335 e. The van der Waals surface area contributed by atoms with Crippen molar-refractivity contribution in [1.29, 1.82) is 0 Å². The number of nitrogens with zero attached hydrogens (tertiary/aromatic N) is 1. The number of carboxylic acids is 1. The van der Waals surface area contributed by atoms with E-state index in [2.05, 4.69) is 0 Å². The number of rotatable bonds is 3. The first-order valence-electron chi connectivity index (χ1n) is 5.94. The van der Waals surface area contributed by atoms with Crippen LogP contribution >= 0.6 is 0 Å². The average Bonchev–Trinajstić information content (AvgIpc) is 2.64. The Bertz CT molecular complexity index is 668. The molecule has 2 rings (SSSR count). The Morgan fingerprint density at radius 2 is 1.89 bits per heavy atom. The second-order valence-electron chi connectivity index (χ2n) is 4.59. The van der Waals surface area contributed by atoms with E-state index < -0.39 is 5.97 Å². The van der Waals surface area contributed by atoms with Crippen LogP contribution in [0.5, 0.6) is 0 Å². The lowest BCUT2D eigenvalue weighted by molar-refractivity contribution is 0.0696. The minimum Gasteiger partial charge on any atom is -0.478 e. The van der Waals surface area contributed by atoms with Crippen LogP contribution in [0.1, 0.15) is 37.7 Å². The second kappa shape index (κ2) is 4.72. The van der Waals surface area contributed by atoms with Crippen LogP contribution in [0.15, 0.2) is 24.3 Å². The standard InChI is InChI=1S/C15H15NO3/c1-9-6-12(15(18)19)4-5-14(9)16-10(2)7-13(8-17)11(16)3/h4-8H,1-3H3,(H,18,19). The summed E-state index contributed by atoms with van der Waals surface area (Å²) in [6.45, 7) is 5.66. The lowest BCUT2D eigenvalue weighted by Gasteiger charge is -2.13. The fourth-order valence-electron chi connectivity index (χ4n) is 2.32. The Balaban J connectivity index is 2.63. The van der Waals surface area contributed by atoms with Crippen molar-refractivity contribution in [1.82, 2.24) is 4.57 Å². The maximum absolute atomic E-state index is 11.0. The first kappa shape index (κ1) is 13.1. The van der Waals surface area contributed by atoms with Gasteiger partial charge in [-0.3, -0.25) is 4.79 Å². The Morgan fingerprint density at radius 1 is 1.21 bits per heavy atom. The van der Waals surface area contributed by atoms with Gasteiger partial charge in [0.1, 0.15) is 0 Å². The predicted molar refractivity (Wildman–Crippen MR) is 72.3 cm³/mol. The number of benzene rings is 1. The van der Waals surface area contributed by atoms with E-state index in [0.29, 0.717) is 5.56 Å². The quantitative estimate of drug-likeness (QED) is 0.860. The zero-order valence-electron chi connectivity index (χ0n) is 11.1. The van der Waals surface area contributed by atoms with E-state index >= 15 is 0 Å². The molecule has 1 aromatic heterocycles. The molecule has 0 aliphatic heterocycles. The fourth-order valence-corrected chi connectivity index (χ4v) is 2.32. The van der Waals surface area contributed by atoms with Gasteiger partial charge in [-0.15, -0.1) is 0 Å². The molecule has 19 heavy (non-hydrogen) atoms. The highest BCUT2D eigenvalue weighted by atomic mass is 16.4. The Hall–Kier alpha value is -2.36. The van der Waals surface area contributed by atoms with Gasteiger partial charge in [-0.2, -0.15) is 0 Å². The van der Waals surface area contributed by atoms with Crippen molar-refractivity contribution in [3.63, 3.8) is 0 Å². The molecule has 0 radical (unpaired) electrons. The molecule has 0 aliphatic rings. The molecule has 1 heterocycles. The third kappa shape index (κ3) is 2.17. The Labute approximate surface area is 111 Å². The average molecular weight is 257 g/mol. The summed E-state index contributed by atoms with van der Waals surface area (Å²) in [7, 11) is 0. The second-order valence-corrected chi connectivity index (χ2v) is 4.59. The van der Waals surface area contributed by atoms with Gasteiger partial charge in [0, 0.05) is 22.6 Å². The van der Waals surface area contributed by atoms with Gasteiger partial charge in [0.15, 0.2) is 6.29 Å². The Kier molecular flexibility index (Phi) is 3.25. The number of aromatic carboxylic acids is 1. The van der Waals surface area contributed by atoms with Gasteiger partial charge in [-0.25, -0.2) is 4.79 Å². The van der Waals surface area contributed by atoms with Gasteiger partial charge in [-0.1, -0.05) is 0 Å². The molecule has 0 unspecified atom stereocenters.